The highest BCUT2D eigenvalue weighted by atomic mass is 15.0. The summed E-state index contributed by atoms with van der Waals surface area (Å²) in [5.41, 5.74) is 30.3. The average molecular weight is 1570 g/mol. The van der Waals surface area contributed by atoms with Gasteiger partial charge in [0.15, 0.2) is 0 Å². The Labute approximate surface area is 707 Å². The normalized spacial score (nSPS) is 11.7. The van der Waals surface area contributed by atoms with Crippen LogP contribution in [0.15, 0.2) is 449 Å². The van der Waals surface area contributed by atoms with Crippen molar-refractivity contribution in [3.8, 4) is 68.1 Å². The van der Waals surface area contributed by atoms with E-state index in [1.54, 1.807) is 0 Å². The van der Waals surface area contributed by atoms with Gasteiger partial charge in [0.2, 0.25) is 0 Å². The van der Waals surface area contributed by atoms with Gasteiger partial charge in [-0.3, -0.25) is 0 Å². The first-order valence-corrected chi connectivity index (χ1v) is 41.9. The van der Waals surface area contributed by atoms with Crippen molar-refractivity contribution < 1.29 is 0 Å². The number of hydrogen-bond acceptors (Lipinski definition) is 1. The smallest absolute Gasteiger partial charge is 0.0992 e. The fraction of sp³-hybridized carbons (Fsp3) is 0. The number of aromatic nitrogens is 7. The standard InChI is InChI=1S/C42H27N3.C37H23N3.C36H24N2/c1-6-19-37-31(14-1)32-15-2-7-20-38(32)43(37)28-12-11-13-29(26-28)44-41-23-10-5-18-35(41)36-27-30(24-25-42(36)44)45-39-21-8-3-16-33(39)34-17-4-9-22-40(34)45;38-24-25-8-7-9-29(22-25)40-36-15-6-3-12-32(36)33-23-27(18-21-37(33)40)26-16-19-28(20-17-26)39-34-13-4-1-10-30(34)31-11-2-5-14-35(31)39;1-2-12-25(13-3-1)27-14-4-8-18-32(27)38-35-21-11-7-17-30(35)31-24-26(22-23-36(31)38)37-33-19-9-5-15-28(33)29-16-6-10-20-34(29)37/h1-27H;1-23H;1-24H. The highest BCUT2D eigenvalue weighted by Gasteiger charge is 2.23. The summed E-state index contributed by atoms with van der Waals surface area (Å²) in [5.74, 6) is 0. The topological polar surface area (TPSA) is 58.3 Å². The van der Waals surface area contributed by atoms with Crippen molar-refractivity contribution >= 4 is 153 Å². The molecule has 0 N–H and O–H groups in total. The summed E-state index contributed by atoms with van der Waals surface area (Å²) in [7, 11) is 0. The Morgan fingerprint density at radius 1 is 0.146 bits per heavy atom. The van der Waals surface area contributed by atoms with Gasteiger partial charge in [0, 0.05) is 115 Å². The summed E-state index contributed by atoms with van der Waals surface area (Å²) in [5, 5.41) is 27.1. The van der Waals surface area contributed by atoms with Crippen molar-refractivity contribution in [2.45, 2.75) is 0 Å². The summed E-state index contributed by atoms with van der Waals surface area (Å²) >= 11 is 0. The van der Waals surface area contributed by atoms with Gasteiger partial charge in [0.25, 0.3) is 0 Å². The third-order valence-corrected chi connectivity index (χ3v) is 25.1. The van der Waals surface area contributed by atoms with Crippen LogP contribution >= 0.6 is 0 Å². The lowest BCUT2D eigenvalue weighted by molar-refractivity contribution is 1.13. The van der Waals surface area contributed by atoms with E-state index in [2.05, 4.69) is 469 Å². The molecule has 0 fully saturated rings. The maximum Gasteiger partial charge on any atom is 0.0992 e. The molecule has 123 heavy (non-hydrogen) atoms. The molecule has 0 amide bonds. The minimum atomic E-state index is 0.656. The van der Waals surface area contributed by atoms with Crippen molar-refractivity contribution in [1.29, 1.82) is 5.26 Å². The Hall–Kier alpha value is -16.7. The van der Waals surface area contributed by atoms with Crippen LogP contribution in [0.4, 0.5) is 0 Å². The van der Waals surface area contributed by atoms with Gasteiger partial charge in [-0.2, -0.15) is 5.26 Å². The molecule has 8 heteroatoms. The lowest BCUT2D eigenvalue weighted by Crippen LogP contribution is -1.99. The zero-order valence-corrected chi connectivity index (χ0v) is 66.8. The van der Waals surface area contributed by atoms with E-state index in [4.69, 9.17) is 0 Å². The molecule has 26 aromatic rings. The SMILES string of the molecule is N#Cc1cccc(-n2c3ccccc3c3cc(-c4ccc(-n5c6ccccc6c6ccccc65)cc4)ccc32)c1.c1cc(-n2c3ccccc3c3ccccc32)cc(-n2c3ccccc3c3cc(-n4c5ccccc5c5ccccc54)ccc32)c1.c1ccc(-c2ccccc2-n2c3ccccc3c3cc(-n4c5ccccc5c5ccccc54)ccc32)cc1. The molecule has 574 valence electrons. The number of benzene rings is 19. The minimum Gasteiger partial charge on any atom is -0.309 e. The van der Waals surface area contributed by atoms with E-state index >= 15 is 0 Å². The second-order valence-electron chi connectivity index (χ2n) is 31.8. The molecule has 7 aromatic heterocycles. The summed E-state index contributed by atoms with van der Waals surface area (Å²) in [6, 6.07) is 163. The Morgan fingerprint density at radius 3 is 0.772 bits per heavy atom. The van der Waals surface area contributed by atoms with Crippen molar-refractivity contribution in [3.05, 3.63) is 454 Å². The Morgan fingerprint density at radius 2 is 0.398 bits per heavy atom. The van der Waals surface area contributed by atoms with Gasteiger partial charge in [-0.1, -0.05) is 279 Å². The molecule has 0 bridgehead atoms. The minimum absolute atomic E-state index is 0.656. The van der Waals surface area contributed by atoms with Crippen LogP contribution in [0.3, 0.4) is 0 Å². The zero-order valence-electron chi connectivity index (χ0n) is 66.8. The second kappa shape index (κ2) is 28.8. The van der Waals surface area contributed by atoms with Gasteiger partial charge in [-0.05, 0) is 187 Å². The van der Waals surface area contributed by atoms with Crippen LogP contribution in [0.2, 0.25) is 0 Å². The van der Waals surface area contributed by atoms with Gasteiger partial charge < -0.3 is 32.0 Å². The van der Waals surface area contributed by atoms with Gasteiger partial charge >= 0.3 is 0 Å². The average Bonchev–Trinajstić information content (AvgIpc) is 1.58. The first-order valence-electron chi connectivity index (χ1n) is 41.9. The Kier molecular flexibility index (Phi) is 16.5. The van der Waals surface area contributed by atoms with E-state index in [0.717, 1.165) is 33.8 Å². The number of hydrogen-bond donors (Lipinski definition) is 0. The van der Waals surface area contributed by atoms with Gasteiger partial charge in [-0.15, -0.1) is 0 Å². The van der Waals surface area contributed by atoms with Crippen LogP contribution in [0.25, 0.3) is 215 Å². The molecule has 0 spiro atoms. The van der Waals surface area contributed by atoms with Crippen molar-refractivity contribution in [1.82, 2.24) is 32.0 Å². The number of para-hydroxylation sites is 12. The number of nitriles is 1. The second-order valence-corrected chi connectivity index (χ2v) is 31.8. The van der Waals surface area contributed by atoms with Gasteiger partial charge in [0.05, 0.1) is 94.6 Å². The maximum atomic E-state index is 9.47. The molecule has 8 nitrogen and oxygen atoms in total. The van der Waals surface area contributed by atoms with Crippen molar-refractivity contribution in [2.24, 2.45) is 0 Å². The first-order chi connectivity index (χ1) is 61.0. The van der Waals surface area contributed by atoms with E-state index in [9.17, 15) is 5.26 Å². The summed E-state index contributed by atoms with van der Waals surface area (Å²) in [4.78, 5) is 0. The molecule has 0 aliphatic rings. The molecule has 0 atom stereocenters. The molecule has 0 saturated carbocycles. The Balaban J connectivity index is 0.000000104. The molecule has 26 rings (SSSR count). The monoisotopic (exact) mass is 1570 g/mol. The predicted octanol–water partition coefficient (Wildman–Crippen LogP) is 29.9. The number of nitrogens with zero attached hydrogens (tertiary/aromatic N) is 8. The fourth-order valence-corrected chi connectivity index (χ4v) is 19.8. The molecule has 0 aliphatic carbocycles. The molecule has 7 heterocycles. The molecule has 0 unspecified atom stereocenters. The van der Waals surface area contributed by atoms with E-state index < -0.39 is 0 Å². The molecular formula is C115H74N8. The largest absolute Gasteiger partial charge is 0.309 e. The molecular weight excluding hydrogens is 1490 g/mol. The van der Waals surface area contributed by atoms with Crippen molar-refractivity contribution in [3.63, 3.8) is 0 Å². The van der Waals surface area contributed by atoms with Crippen LogP contribution in [-0.2, 0) is 0 Å². The highest BCUT2D eigenvalue weighted by Crippen LogP contribution is 2.44. The highest BCUT2D eigenvalue weighted by molar-refractivity contribution is 6.17. The van der Waals surface area contributed by atoms with Gasteiger partial charge in [0.1, 0.15) is 0 Å². The molecule has 0 saturated heterocycles. The van der Waals surface area contributed by atoms with Crippen molar-refractivity contribution in [2.75, 3.05) is 0 Å². The third-order valence-electron chi connectivity index (χ3n) is 25.1. The van der Waals surface area contributed by atoms with E-state index in [1.165, 1.54) is 181 Å². The number of rotatable bonds is 9. The summed E-state index contributed by atoms with van der Waals surface area (Å²) in [6.45, 7) is 0. The first kappa shape index (κ1) is 70.5. The van der Waals surface area contributed by atoms with E-state index in [1.807, 2.05) is 18.2 Å². The van der Waals surface area contributed by atoms with Crippen LogP contribution in [-0.4, -0.2) is 32.0 Å². The predicted molar refractivity (Wildman–Crippen MR) is 515 cm³/mol. The fourth-order valence-electron chi connectivity index (χ4n) is 19.8. The van der Waals surface area contributed by atoms with E-state index in [0.29, 0.717) is 5.56 Å². The lowest BCUT2D eigenvalue weighted by Gasteiger charge is -2.14. The van der Waals surface area contributed by atoms with Gasteiger partial charge in [-0.25, -0.2) is 0 Å². The number of fused-ring (bicyclic) bond motifs is 21. The molecule has 19 aromatic carbocycles. The third kappa shape index (κ3) is 11.4. The quantitative estimate of drug-likeness (QED) is 0.142. The lowest BCUT2D eigenvalue weighted by atomic mass is 10.0. The van der Waals surface area contributed by atoms with Crippen LogP contribution in [0.5, 0.6) is 0 Å². The van der Waals surface area contributed by atoms with Crippen LogP contribution < -0.4 is 0 Å². The Bertz CT molecular complexity index is 8570. The van der Waals surface area contributed by atoms with E-state index in [-0.39, 0.29) is 0 Å². The molecule has 0 aliphatic heterocycles. The molecule has 0 radical (unpaired) electrons. The maximum absolute atomic E-state index is 9.47. The van der Waals surface area contributed by atoms with Crippen LogP contribution in [0.1, 0.15) is 5.56 Å². The van der Waals surface area contributed by atoms with Crippen LogP contribution in [0, 0.1) is 11.3 Å². The zero-order chi connectivity index (χ0) is 81.2. The summed E-state index contributed by atoms with van der Waals surface area (Å²) in [6.07, 6.45) is 0. The summed E-state index contributed by atoms with van der Waals surface area (Å²) < 4.78 is 16.6.